The molecule has 0 unspecified atom stereocenters. The van der Waals surface area contributed by atoms with E-state index in [0.717, 1.165) is 10.2 Å². The van der Waals surface area contributed by atoms with Crippen molar-refractivity contribution < 1.29 is 4.79 Å². The van der Waals surface area contributed by atoms with E-state index >= 15 is 0 Å². The van der Waals surface area contributed by atoms with Crippen LogP contribution in [0.2, 0.25) is 0 Å². The minimum absolute atomic E-state index is 0.121. The molecule has 2 heterocycles. The zero-order valence-corrected chi connectivity index (χ0v) is 15.4. The number of rotatable bonds is 4. The third-order valence-corrected chi connectivity index (χ3v) is 5.80. The van der Waals surface area contributed by atoms with Crippen LogP contribution in [0.4, 0.5) is 5.13 Å². The smallest absolute Gasteiger partial charge is 0.261 e. The molecule has 26 heavy (non-hydrogen) atoms. The maximum absolute atomic E-state index is 12.4. The van der Waals surface area contributed by atoms with Crippen molar-refractivity contribution in [1.82, 2.24) is 14.5 Å². The molecule has 8 heteroatoms. The molecule has 4 aromatic rings. The molecule has 0 spiro atoms. The minimum Gasteiger partial charge on any atom is -0.301 e. The SMILES string of the molecule is Cn1c(SCC(=O)Nc2nc3ccccc3s2)nc2ccccc2c1=O. The maximum Gasteiger partial charge on any atom is 0.261 e. The molecule has 0 aliphatic carbocycles. The average Bonchev–Trinajstić information content (AvgIpc) is 3.05. The van der Waals surface area contributed by atoms with Gasteiger partial charge in [-0.2, -0.15) is 0 Å². The normalized spacial score (nSPS) is 11.1. The van der Waals surface area contributed by atoms with Gasteiger partial charge in [0.25, 0.3) is 5.56 Å². The van der Waals surface area contributed by atoms with E-state index in [2.05, 4.69) is 15.3 Å². The zero-order valence-electron chi connectivity index (χ0n) is 13.8. The number of aromatic nitrogens is 3. The molecule has 1 N–H and O–H groups in total. The molecule has 130 valence electrons. The van der Waals surface area contributed by atoms with E-state index in [1.807, 2.05) is 36.4 Å². The summed E-state index contributed by atoms with van der Waals surface area (Å²) in [6, 6.07) is 14.9. The molecule has 0 radical (unpaired) electrons. The lowest BCUT2D eigenvalue weighted by molar-refractivity contribution is -0.113. The van der Waals surface area contributed by atoms with E-state index in [4.69, 9.17) is 0 Å². The molecule has 4 rings (SSSR count). The van der Waals surface area contributed by atoms with Crippen LogP contribution in [0, 0.1) is 0 Å². The van der Waals surface area contributed by atoms with Gasteiger partial charge in [0.2, 0.25) is 5.91 Å². The molecule has 6 nitrogen and oxygen atoms in total. The van der Waals surface area contributed by atoms with Crippen LogP contribution in [0.3, 0.4) is 0 Å². The predicted molar refractivity (Wildman–Crippen MR) is 106 cm³/mol. The zero-order chi connectivity index (χ0) is 18.1. The molecule has 0 saturated carbocycles. The number of nitrogens with zero attached hydrogens (tertiary/aromatic N) is 3. The molecular weight excluding hydrogens is 368 g/mol. The number of hydrogen-bond acceptors (Lipinski definition) is 6. The van der Waals surface area contributed by atoms with E-state index in [9.17, 15) is 9.59 Å². The lowest BCUT2D eigenvalue weighted by Gasteiger charge is -2.08. The second kappa shape index (κ2) is 6.89. The molecule has 2 aromatic heterocycles. The summed E-state index contributed by atoms with van der Waals surface area (Å²) in [5.41, 5.74) is 1.37. The lowest BCUT2D eigenvalue weighted by atomic mass is 10.2. The molecule has 0 aliphatic heterocycles. The summed E-state index contributed by atoms with van der Waals surface area (Å²) < 4.78 is 2.49. The Balaban J connectivity index is 1.50. The van der Waals surface area contributed by atoms with Gasteiger partial charge in [0, 0.05) is 7.05 Å². The summed E-state index contributed by atoms with van der Waals surface area (Å²) in [6.45, 7) is 0. The number of hydrogen-bond donors (Lipinski definition) is 1. The Labute approximate surface area is 156 Å². The summed E-state index contributed by atoms with van der Waals surface area (Å²) in [4.78, 5) is 33.5. The third kappa shape index (κ3) is 3.21. The van der Waals surface area contributed by atoms with Gasteiger partial charge in [0.1, 0.15) is 0 Å². The highest BCUT2D eigenvalue weighted by Gasteiger charge is 2.12. The highest BCUT2D eigenvalue weighted by atomic mass is 32.2. The fourth-order valence-corrected chi connectivity index (χ4v) is 4.19. The Hall–Kier alpha value is -2.71. The van der Waals surface area contributed by atoms with Crippen molar-refractivity contribution in [3.63, 3.8) is 0 Å². The number of benzene rings is 2. The largest absolute Gasteiger partial charge is 0.301 e. The Kier molecular flexibility index (Phi) is 4.44. The quantitative estimate of drug-likeness (QED) is 0.433. The minimum atomic E-state index is -0.184. The Bertz CT molecular complexity index is 1150. The van der Waals surface area contributed by atoms with Crippen molar-refractivity contribution in [1.29, 1.82) is 0 Å². The van der Waals surface area contributed by atoms with Crippen molar-refractivity contribution in [2.24, 2.45) is 7.05 Å². The van der Waals surface area contributed by atoms with Crippen LogP contribution in [-0.4, -0.2) is 26.2 Å². The van der Waals surface area contributed by atoms with Gasteiger partial charge in [-0.3, -0.25) is 14.2 Å². The second-order valence-electron chi connectivity index (χ2n) is 5.60. The first-order valence-corrected chi connectivity index (χ1v) is 9.66. The first-order chi connectivity index (χ1) is 12.6. The number of carbonyl (C=O) groups is 1. The van der Waals surface area contributed by atoms with Crippen LogP contribution in [0.25, 0.3) is 21.1 Å². The van der Waals surface area contributed by atoms with Gasteiger partial charge in [0.05, 0.1) is 26.9 Å². The van der Waals surface area contributed by atoms with Gasteiger partial charge < -0.3 is 5.32 Å². The molecule has 0 aliphatic rings. The molecule has 0 fully saturated rings. The number of thiazole rings is 1. The first kappa shape index (κ1) is 16.7. The van der Waals surface area contributed by atoms with Crippen LogP contribution in [-0.2, 0) is 11.8 Å². The van der Waals surface area contributed by atoms with Crippen molar-refractivity contribution in [3.05, 3.63) is 58.9 Å². The number of carbonyl (C=O) groups excluding carboxylic acids is 1. The molecule has 0 bridgehead atoms. The highest BCUT2D eigenvalue weighted by Crippen LogP contribution is 2.25. The van der Waals surface area contributed by atoms with E-state index < -0.39 is 0 Å². The van der Waals surface area contributed by atoms with E-state index in [-0.39, 0.29) is 17.2 Å². The maximum atomic E-state index is 12.4. The van der Waals surface area contributed by atoms with Crippen LogP contribution in [0.15, 0.2) is 58.5 Å². The number of fused-ring (bicyclic) bond motifs is 2. The molecule has 0 saturated heterocycles. The van der Waals surface area contributed by atoms with Crippen LogP contribution < -0.4 is 10.9 Å². The third-order valence-electron chi connectivity index (χ3n) is 3.81. The van der Waals surface area contributed by atoms with E-state index in [0.29, 0.717) is 21.2 Å². The Morgan fingerprint density at radius 2 is 1.85 bits per heavy atom. The highest BCUT2D eigenvalue weighted by molar-refractivity contribution is 7.99. The van der Waals surface area contributed by atoms with Crippen molar-refractivity contribution in [3.8, 4) is 0 Å². The second-order valence-corrected chi connectivity index (χ2v) is 7.57. The van der Waals surface area contributed by atoms with Gasteiger partial charge in [-0.15, -0.1) is 0 Å². The van der Waals surface area contributed by atoms with Crippen molar-refractivity contribution in [2.45, 2.75) is 5.16 Å². The van der Waals surface area contributed by atoms with Crippen molar-refractivity contribution in [2.75, 3.05) is 11.1 Å². The Morgan fingerprint density at radius 1 is 1.12 bits per heavy atom. The summed E-state index contributed by atoms with van der Waals surface area (Å²) in [7, 11) is 1.66. The van der Waals surface area contributed by atoms with Gasteiger partial charge in [0.15, 0.2) is 10.3 Å². The number of nitrogens with one attached hydrogen (secondary N) is 1. The lowest BCUT2D eigenvalue weighted by Crippen LogP contribution is -2.21. The standard InChI is InChI=1S/C18H14N4O2S2/c1-22-16(24)11-6-2-3-7-12(11)20-18(22)25-10-15(23)21-17-19-13-8-4-5-9-14(13)26-17/h2-9H,10H2,1H3,(H,19,21,23). The van der Waals surface area contributed by atoms with Gasteiger partial charge in [-0.25, -0.2) is 9.97 Å². The number of amides is 1. The van der Waals surface area contributed by atoms with Gasteiger partial charge in [-0.05, 0) is 24.3 Å². The summed E-state index contributed by atoms with van der Waals surface area (Å²) in [5.74, 6) is -0.0365. The van der Waals surface area contributed by atoms with Crippen molar-refractivity contribution >= 4 is 55.3 Å². The topological polar surface area (TPSA) is 76.9 Å². The first-order valence-electron chi connectivity index (χ1n) is 7.86. The number of anilines is 1. The van der Waals surface area contributed by atoms with Gasteiger partial charge >= 0.3 is 0 Å². The molecule has 0 atom stereocenters. The Morgan fingerprint density at radius 3 is 2.65 bits per heavy atom. The summed E-state index contributed by atoms with van der Waals surface area (Å²) in [5, 5.41) is 4.45. The average molecular weight is 382 g/mol. The van der Waals surface area contributed by atoms with E-state index in [1.165, 1.54) is 27.7 Å². The fraction of sp³-hybridized carbons (Fsp3) is 0.111. The fourth-order valence-electron chi connectivity index (χ4n) is 2.54. The monoisotopic (exact) mass is 382 g/mol. The molecule has 1 amide bonds. The number of para-hydroxylation sites is 2. The predicted octanol–water partition coefficient (Wildman–Crippen LogP) is 3.27. The van der Waals surface area contributed by atoms with Crippen LogP contribution in [0.1, 0.15) is 0 Å². The summed E-state index contributed by atoms with van der Waals surface area (Å²) in [6.07, 6.45) is 0. The van der Waals surface area contributed by atoms with E-state index in [1.54, 1.807) is 19.2 Å². The van der Waals surface area contributed by atoms with Gasteiger partial charge in [-0.1, -0.05) is 47.4 Å². The van der Waals surface area contributed by atoms with Crippen LogP contribution >= 0.6 is 23.1 Å². The van der Waals surface area contributed by atoms with Crippen LogP contribution in [0.5, 0.6) is 0 Å². The molecule has 2 aromatic carbocycles. The summed E-state index contributed by atoms with van der Waals surface area (Å²) >= 11 is 2.66. The molecular formula is C18H14N4O2S2. The number of thioether (sulfide) groups is 1.